The number of likely N-dealkylation sites (N-methyl/N-ethyl adjacent to an activating group) is 1. The Morgan fingerprint density at radius 3 is 2.52 bits per heavy atom. The first-order chi connectivity index (χ1) is 10.2. The van der Waals surface area contributed by atoms with Gasteiger partial charge in [0, 0.05) is 24.8 Å². The lowest BCUT2D eigenvalue weighted by Crippen LogP contribution is -2.26. The van der Waals surface area contributed by atoms with Gasteiger partial charge in [-0.05, 0) is 24.6 Å². The predicted octanol–water partition coefficient (Wildman–Crippen LogP) is 2.81. The van der Waals surface area contributed by atoms with E-state index in [1.165, 1.54) is 5.56 Å². The predicted molar refractivity (Wildman–Crippen MR) is 85.7 cm³/mol. The lowest BCUT2D eigenvalue weighted by Gasteiger charge is -2.19. The van der Waals surface area contributed by atoms with Crippen LogP contribution in [0.5, 0.6) is 0 Å². The number of aliphatic hydroxyl groups is 1. The van der Waals surface area contributed by atoms with Crippen molar-refractivity contribution in [3.63, 3.8) is 0 Å². The average Bonchev–Trinajstić information content (AvgIpc) is 2.92. The second-order valence-electron chi connectivity index (χ2n) is 5.57. The summed E-state index contributed by atoms with van der Waals surface area (Å²) in [4.78, 5) is 2.23. The van der Waals surface area contributed by atoms with Gasteiger partial charge in [0.1, 0.15) is 0 Å². The number of aromatic nitrogens is 2. The van der Waals surface area contributed by atoms with Gasteiger partial charge in [-0.2, -0.15) is 5.10 Å². The van der Waals surface area contributed by atoms with Crippen LogP contribution >= 0.6 is 0 Å². The van der Waals surface area contributed by atoms with E-state index in [1.54, 1.807) is 0 Å². The van der Waals surface area contributed by atoms with Gasteiger partial charge in [-0.25, -0.2) is 4.68 Å². The van der Waals surface area contributed by atoms with Crippen molar-refractivity contribution in [2.24, 2.45) is 0 Å². The molecule has 0 unspecified atom stereocenters. The van der Waals surface area contributed by atoms with E-state index in [4.69, 9.17) is 10.2 Å². The number of hydrogen-bond acceptors (Lipinski definition) is 3. The van der Waals surface area contributed by atoms with E-state index < -0.39 is 0 Å². The highest BCUT2D eigenvalue weighted by molar-refractivity contribution is 5.33. The average molecular weight is 287 g/mol. The maximum absolute atomic E-state index is 9.14. The minimum absolute atomic E-state index is 0.192. The molecule has 0 amide bonds. The Labute approximate surface area is 127 Å². The van der Waals surface area contributed by atoms with Crippen molar-refractivity contribution in [1.82, 2.24) is 14.7 Å². The van der Waals surface area contributed by atoms with Crippen molar-refractivity contribution in [3.05, 3.63) is 47.8 Å². The van der Waals surface area contributed by atoms with Crippen LogP contribution in [0.3, 0.4) is 0 Å². The van der Waals surface area contributed by atoms with Gasteiger partial charge < -0.3 is 5.11 Å². The summed E-state index contributed by atoms with van der Waals surface area (Å²) < 4.78 is 1.96. The summed E-state index contributed by atoms with van der Waals surface area (Å²) in [5, 5.41) is 13.9. The minimum atomic E-state index is 0.192. The molecular formula is C17H25N3O. The summed E-state index contributed by atoms with van der Waals surface area (Å²) >= 11 is 0. The molecule has 1 aromatic heterocycles. The number of rotatable bonds is 7. The topological polar surface area (TPSA) is 41.3 Å². The van der Waals surface area contributed by atoms with Crippen LogP contribution in [-0.4, -0.2) is 39.5 Å². The summed E-state index contributed by atoms with van der Waals surface area (Å²) in [7, 11) is 0. The summed E-state index contributed by atoms with van der Waals surface area (Å²) in [6.07, 6.45) is 2.12. The molecule has 1 aromatic carbocycles. The van der Waals surface area contributed by atoms with Crippen molar-refractivity contribution in [2.45, 2.75) is 33.2 Å². The molecule has 2 rings (SSSR count). The van der Waals surface area contributed by atoms with E-state index in [9.17, 15) is 0 Å². The van der Waals surface area contributed by atoms with Crippen molar-refractivity contribution in [1.29, 1.82) is 0 Å². The number of hydrogen-bond donors (Lipinski definition) is 1. The first kappa shape index (κ1) is 15.7. The normalized spacial score (nSPS) is 11.5. The Bertz CT molecular complexity index is 548. The lowest BCUT2D eigenvalue weighted by molar-refractivity contribution is 0.196. The second kappa shape index (κ2) is 7.38. The Hall–Kier alpha value is -1.65. The van der Waals surface area contributed by atoms with E-state index in [1.807, 2.05) is 22.9 Å². The van der Waals surface area contributed by atoms with Gasteiger partial charge in [0.05, 0.1) is 18.0 Å². The van der Waals surface area contributed by atoms with Crippen molar-refractivity contribution < 1.29 is 5.11 Å². The van der Waals surface area contributed by atoms with Crippen molar-refractivity contribution in [2.75, 3.05) is 19.7 Å². The maximum atomic E-state index is 9.14. The molecule has 0 aliphatic heterocycles. The zero-order valence-corrected chi connectivity index (χ0v) is 13.2. The summed E-state index contributed by atoms with van der Waals surface area (Å²) in [5.74, 6) is 0.387. The fraction of sp³-hybridized carbons (Fsp3) is 0.471. The minimum Gasteiger partial charge on any atom is -0.395 e. The standard InChI is InChI=1S/C17H25N3O/c1-4-19(10-11-21)12-15-13-20(18-17(15)14(2)3)16-8-6-5-7-9-16/h5-9,13-14,21H,4,10-12H2,1-3H3. The smallest absolute Gasteiger partial charge is 0.0699 e. The lowest BCUT2D eigenvalue weighted by atomic mass is 10.1. The third-order valence-corrected chi connectivity index (χ3v) is 3.65. The van der Waals surface area contributed by atoms with Gasteiger partial charge in [0.15, 0.2) is 0 Å². The van der Waals surface area contributed by atoms with Crippen molar-refractivity contribution in [3.8, 4) is 5.69 Å². The number of para-hydroxylation sites is 1. The van der Waals surface area contributed by atoms with Gasteiger partial charge in [-0.3, -0.25) is 4.90 Å². The zero-order valence-electron chi connectivity index (χ0n) is 13.2. The molecule has 0 saturated carbocycles. The quantitative estimate of drug-likeness (QED) is 0.851. The van der Waals surface area contributed by atoms with Crippen LogP contribution in [0.15, 0.2) is 36.5 Å². The SMILES string of the molecule is CCN(CCO)Cc1cn(-c2ccccc2)nc1C(C)C. The number of aliphatic hydroxyl groups excluding tert-OH is 1. The van der Waals surface area contributed by atoms with Crippen LogP contribution in [-0.2, 0) is 6.54 Å². The molecule has 2 aromatic rings. The largest absolute Gasteiger partial charge is 0.395 e. The van der Waals surface area contributed by atoms with E-state index >= 15 is 0 Å². The first-order valence-electron chi connectivity index (χ1n) is 7.62. The number of nitrogens with zero attached hydrogens (tertiary/aromatic N) is 3. The molecule has 4 heteroatoms. The van der Waals surface area contributed by atoms with Crippen molar-refractivity contribution >= 4 is 0 Å². The van der Waals surface area contributed by atoms with Gasteiger partial charge in [0.25, 0.3) is 0 Å². The molecule has 0 spiro atoms. The van der Waals surface area contributed by atoms with Gasteiger partial charge in [-0.1, -0.05) is 39.0 Å². The van der Waals surface area contributed by atoms with Crippen LogP contribution < -0.4 is 0 Å². The van der Waals surface area contributed by atoms with E-state index in [2.05, 4.69) is 44.0 Å². The van der Waals surface area contributed by atoms with Gasteiger partial charge in [-0.15, -0.1) is 0 Å². The molecule has 0 aliphatic carbocycles. The molecule has 0 atom stereocenters. The molecule has 0 aliphatic rings. The molecule has 21 heavy (non-hydrogen) atoms. The molecule has 0 saturated heterocycles. The third-order valence-electron chi connectivity index (χ3n) is 3.65. The van der Waals surface area contributed by atoms with E-state index in [0.29, 0.717) is 12.5 Å². The van der Waals surface area contributed by atoms with Crippen LogP contribution in [0.25, 0.3) is 5.69 Å². The summed E-state index contributed by atoms with van der Waals surface area (Å²) in [5.41, 5.74) is 3.45. The van der Waals surface area contributed by atoms with Gasteiger partial charge >= 0.3 is 0 Å². The van der Waals surface area contributed by atoms with E-state index in [-0.39, 0.29) is 6.61 Å². The Balaban J connectivity index is 2.29. The fourth-order valence-electron chi connectivity index (χ4n) is 2.48. The molecule has 1 heterocycles. The van der Waals surface area contributed by atoms with Crippen LogP contribution in [0, 0.1) is 0 Å². The van der Waals surface area contributed by atoms with E-state index in [0.717, 1.165) is 24.5 Å². The molecule has 114 valence electrons. The monoisotopic (exact) mass is 287 g/mol. The maximum Gasteiger partial charge on any atom is 0.0699 e. The molecule has 4 nitrogen and oxygen atoms in total. The fourth-order valence-corrected chi connectivity index (χ4v) is 2.48. The van der Waals surface area contributed by atoms with Gasteiger partial charge in [0.2, 0.25) is 0 Å². The molecule has 1 N–H and O–H groups in total. The summed E-state index contributed by atoms with van der Waals surface area (Å²) in [6.45, 7) is 9.10. The third kappa shape index (κ3) is 3.93. The molecular weight excluding hydrogens is 262 g/mol. The highest BCUT2D eigenvalue weighted by Crippen LogP contribution is 2.21. The highest BCUT2D eigenvalue weighted by atomic mass is 16.3. The van der Waals surface area contributed by atoms with Crippen LogP contribution in [0.2, 0.25) is 0 Å². The Morgan fingerprint density at radius 1 is 1.24 bits per heavy atom. The molecule has 0 fully saturated rings. The molecule has 0 radical (unpaired) electrons. The van der Waals surface area contributed by atoms with Crippen LogP contribution in [0.1, 0.15) is 37.9 Å². The summed E-state index contributed by atoms with van der Waals surface area (Å²) in [6, 6.07) is 10.2. The second-order valence-corrected chi connectivity index (χ2v) is 5.57. The highest BCUT2D eigenvalue weighted by Gasteiger charge is 2.15. The Morgan fingerprint density at radius 2 is 1.95 bits per heavy atom. The first-order valence-corrected chi connectivity index (χ1v) is 7.62. The van der Waals surface area contributed by atoms with Crippen LogP contribution in [0.4, 0.5) is 0 Å². The number of benzene rings is 1. The Kier molecular flexibility index (Phi) is 5.53. The zero-order chi connectivity index (χ0) is 15.2. The molecule has 0 bridgehead atoms.